The molecule has 2 N–H and O–H groups in total. The maximum atomic E-state index is 6.11. The quantitative estimate of drug-likeness (QED) is 0.728. The molecule has 0 radical (unpaired) electrons. The Hall–Kier alpha value is -0.770. The van der Waals surface area contributed by atoms with Gasteiger partial charge < -0.3 is 15.2 Å². The van der Waals surface area contributed by atoms with Crippen molar-refractivity contribution in [3.63, 3.8) is 0 Å². The van der Waals surface area contributed by atoms with Crippen molar-refractivity contribution in [2.45, 2.75) is 19.8 Å². The average Bonchev–Trinajstić information content (AvgIpc) is 2.32. The van der Waals surface area contributed by atoms with Crippen molar-refractivity contribution in [1.29, 1.82) is 0 Å². The number of ether oxygens (including phenoxy) is 2. The molecule has 1 rings (SSSR count). The number of rotatable bonds is 8. The van der Waals surface area contributed by atoms with Gasteiger partial charge in [0.2, 0.25) is 0 Å². The first-order valence-corrected chi connectivity index (χ1v) is 6.35. The first kappa shape index (κ1) is 14.3. The zero-order chi connectivity index (χ0) is 12.5. The molecule has 0 aliphatic heterocycles. The number of benzene rings is 1. The Morgan fingerprint density at radius 3 is 2.82 bits per heavy atom. The second-order valence-corrected chi connectivity index (χ2v) is 4.07. The van der Waals surface area contributed by atoms with Gasteiger partial charge in [-0.25, -0.2) is 0 Å². The smallest absolute Gasteiger partial charge is 0.141 e. The fourth-order valence-electron chi connectivity index (χ4n) is 1.55. The van der Waals surface area contributed by atoms with Crippen molar-refractivity contribution in [2.24, 2.45) is 5.73 Å². The Labute approximate surface area is 108 Å². The van der Waals surface area contributed by atoms with Gasteiger partial charge in [0.25, 0.3) is 0 Å². The fourth-order valence-corrected chi connectivity index (χ4v) is 1.80. The molecule has 4 heteroatoms. The molecule has 17 heavy (non-hydrogen) atoms. The summed E-state index contributed by atoms with van der Waals surface area (Å²) in [4.78, 5) is 0. The molecule has 0 saturated heterocycles. The molecule has 1 aromatic carbocycles. The van der Waals surface area contributed by atoms with Crippen LogP contribution in [0.25, 0.3) is 0 Å². The highest BCUT2D eigenvalue weighted by atomic mass is 35.5. The van der Waals surface area contributed by atoms with Gasteiger partial charge in [0.05, 0.1) is 11.6 Å². The van der Waals surface area contributed by atoms with Crippen LogP contribution in [0.2, 0.25) is 5.02 Å². The van der Waals surface area contributed by atoms with E-state index in [1.165, 1.54) is 0 Å². The normalized spacial score (nSPS) is 10.5. The summed E-state index contributed by atoms with van der Waals surface area (Å²) in [5.41, 5.74) is 6.62. The third-order valence-electron chi connectivity index (χ3n) is 2.35. The maximum Gasteiger partial charge on any atom is 0.141 e. The van der Waals surface area contributed by atoms with Gasteiger partial charge in [-0.1, -0.05) is 23.7 Å². The first-order valence-electron chi connectivity index (χ1n) is 5.97. The van der Waals surface area contributed by atoms with Crippen molar-refractivity contribution < 1.29 is 9.47 Å². The molecule has 0 aliphatic carbocycles. The van der Waals surface area contributed by atoms with Crippen LogP contribution in [-0.4, -0.2) is 26.4 Å². The van der Waals surface area contributed by atoms with E-state index in [0.717, 1.165) is 30.8 Å². The second-order valence-electron chi connectivity index (χ2n) is 3.67. The van der Waals surface area contributed by atoms with Gasteiger partial charge in [0, 0.05) is 19.6 Å². The third-order valence-corrected chi connectivity index (χ3v) is 2.64. The highest BCUT2D eigenvalue weighted by Gasteiger charge is 2.07. The topological polar surface area (TPSA) is 44.5 Å². The zero-order valence-corrected chi connectivity index (χ0v) is 11.0. The Kier molecular flexibility index (Phi) is 7.01. The van der Waals surface area contributed by atoms with Crippen LogP contribution >= 0.6 is 11.6 Å². The first-order chi connectivity index (χ1) is 8.29. The average molecular weight is 258 g/mol. The lowest BCUT2D eigenvalue weighted by molar-refractivity contribution is 0.130. The second kappa shape index (κ2) is 8.34. The molecule has 0 bridgehead atoms. The predicted molar refractivity (Wildman–Crippen MR) is 70.8 cm³/mol. The Balaban J connectivity index is 2.50. The molecule has 0 atom stereocenters. The lowest BCUT2D eigenvalue weighted by atomic mass is 10.1. The van der Waals surface area contributed by atoms with Gasteiger partial charge in [-0.2, -0.15) is 0 Å². The zero-order valence-electron chi connectivity index (χ0n) is 10.2. The van der Waals surface area contributed by atoms with Crippen molar-refractivity contribution in [3.05, 3.63) is 28.8 Å². The fraction of sp³-hybridized carbons (Fsp3) is 0.538. The van der Waals surface area contributed by atoms with Crippen LogP contribution < -0.4 is 10.5 Å². The van der Waals surface area contributed by atoms with E-state index in [-0.39, 0.29) is 0 Å². The predicted octanol–water partition coefficient (Wildman–Crippen LogP) is 2.65. The number of hydrogen-bond donors (Lipinski definition) is 1. The van der Waals surface area contributed by atoms with Crippen LogP contribution in [0.1, 0.15) is 18.9 Å². The maximum absolute atomic E-state index is 6.11. The monoisotopic (exact) mass is 257 g/mol. The van der Waals surface area contributed by atoms with Gasteiger partial charge in [-0.05, 0) is 31.5 Å². The molecule has 0 unspecified atom stereocenters. The molecule has 0 heterocycles. The van der Waals surface area contributed by atoms with Gasteiger partial charge >= 0.3 is 0 Å². The van der Waals surface area contributed by atoms with E-state index in [9.17, 15) is 0 Å². The summed E-state index contributed by atoms with van der Waals surface area (Å²) in [5.74, 6) is 0.760. The number of para-hydroxylation sites is 1. The summed E-state index contributed by atoms with van der Waals surface area (Å²) in [6.07, 6.45) is 1.64. The van der Waals surface area contributed by atoms with Crippen LogP contribution in [0.3, 0.4) is 0 Å². The van der Waals surface area contributed by atoms with Crippen LogP contribution in [0, 0.1) is 0 Å². The number of hydrogen-bond acceptors (Lipinski definition) is 3. The molecule has 1 aromatic rings. The van der Waals surface area contributed by atoms with E-state index in [0.29, 0.717) is 24.8 Å². The number of halogens is 1. The van der Waals surface area contributed by atoms with Gasteiger partial charge in [0.15, 0.2) is 0 Å². The summed E-state index contributed by atoms with van der Waals surface area (Å²) in [6, 6.07) is 5.75. The van der Waals surface area contributed by atoms with E-state index in [1.54, 1.807) is 0 Å². The SMILES string of the molecule is CCOCCCOc1c(Cl)cccc1CCN. The van der Waals surface area contributed by atoms with Crippen molar-refractivity contribution >= 4 is 11.6 Å². The van der Waals surface area contributed by atoms with Crippen LogP contribution in [0.5, 0.6) is 5.75 Å². The van der Waals surface area contributed by atoms with Gasteiger partial charge in [-0.3, -0.25) is 0 Å². The summed E-state index contributed by atoms with van der Waals surface area (Å²) < 4.78 is 10.9. The molecule has 3 nitrogen and oxygen atoms in total. The van der Waals surface area contributed by atoms with E-state index in [4.69, 9.17) is 26.8 Å². The van der Waals surface area contributed by atoms with E-state index in [2.05, 4.69) is 0 Å². The molecular weight excluding hydrogens is 238 g/mol. The Morgan fingerprint density at radius 2 is 2.12 bits per heavy atom. The summed E-state index contributed by atoms with van der Waals surface area (Å²) in [6.45, 7) is 4.64. The number of nitrogens with two attached hydrogens (primary N) is 1. The van der Waals surface area contributed by atoms with E-state index in [1.807, 2.05) is 25.1 Å². The molecule has 0 fully saturated rings. The highest BCUT2D eigenvalue weighted by Crippen LogP contribution is 2.28. The molecule has 96 valence electrons. The van der Waals surface area contributed by atoms with Crippen LogP contribution in [0.15, 0.2) is 18.2 Å². The van der Waals surface area contributed by atoms with E-state index < -0.39 is 0 Å². The largest absolute Gasteiger partial charge is 0.492 e. The highest BCUT2D eigenvalue weighted by molar-refractivity contribution is 6.32. The summed E-state index contributed by atoms with van der Waals surface area (Å²) in [5, 5.41) is 0.646. The standard InChI is InChI=1S/C13H20ClNO2/c1-2-16-9-4-10-17-13-11(7-8-15)5-3-6-12(13)14/h3,5-6H,2,4,7-10,15H2,1H3. The molecule has 0 aliphatic rings. The lowest BCUT2D eigenvalue weighted by Crippen LogP contribution is -2.08. The molecule has 0 amide bonds. The lowest BCUT2D eigenvalue weighted by Gasteiger charge is -2.12. The molecule has 0 aromatic heterocycles. The van der Waals surface area contributed by atoms with Crippen LogP contribution in [0.4, 0.5) is 0 Å². The molecule has 0 spiro atoms. The summed E-state index contributed by atoms with van der Waals surface area (Å²) >= 11 is 6.11. The van der Waals surface area contributed by atoms with E-state index >= 15 is 0 Å². The molecule has 0 saturated carbocycles. The van der Waals surface area contributed by atoms with Crippen molar-refractivity contribution in [1.82, 2.24) is 0 Å². The minimum atomic E-state index is 0.593. The third kappa shape index (κ3) is 4.94. The molecular formula is C13H20ClNO2. The minimum Gasteiger partial charge on any atom is -0.492 e. The van der Waals surface area contributed by atoms with Crippen molar-refractivity contribution in [2.75, 3.05) is 26.4 Å². The Morgan fingerprint density at radius 1 is 1.29 bits per heavy atom. The summed E-state index contributed by atoms with van der Waals surface area (Å²) in [7, 11) is 0. The van der Waals surface area contributed by atoms with Gasteiger partial charge in [-0.15, -0.1) is 0 Å². The Bertz CT molecular complexity index is 331. The van der Waals surface area contributed by atoms with Crippen molar-refractivity contribution in [3.8, 4) is 5.75 Å². The minimum absolute atomic E-state index is 0.593. The van der Waals surface area contributed by atoms with Crippen LogP contribution in [-0.2, 0) is 11.2 Å². The van der Waals surface area contributed by atoms with Gasteiger partial charge in [0.1, 0.15) is 5.75 Å².